The van der Waals surface area contributed by atoms with Crippen molar-refractivity contribution in [2.75, 3.05) is 32.9 Å². The number of amides is 1. The maximum atomic E-state index is 13.1. The van der Waals surface area contributed by atoms with Gasteiger partial charge >= 0.3 is 5.97 Å². The first kappa shape index (κ1) is 20.4. The maximum absolute atomic E-state index is 13.1. The highest BCUT2D eigenvalue weighted by Crippen LogP contribution is 2.32. The summed E-state index contributed by atoms with van der Waals surface area (Å²) in [4.78, 5) is 26.1. The number of benzene rings is 1. The van der Waals surface area contributed by atoms with E-state index in [4.69, 9.17) is 9.47 Å². The van der Waals surface area contributed by atoms with Crippen molar-refractivity contribution in [2.24, 2.45) is 5.41 Å². The summed E-state index contributed by atoms with van der Waals surface area (Å²) in [7, 11) is 0. The van der Waals surface area contributed by atoms with Crippen molar-refractivity contribution in [1.29, 1.82) is 0 Å². The molecular formula is C20H23FN4O5. The van der Waals surface area contributed by atoms with E-state index < -0.39 is 11.4 Å². The second-order valence-corrected chi connectivity index (χ2v) is 7.72. The van der Waals surface area contributed by atoms with Crippen LogP contribution in [0.4, 0.5) is 4.39 Å². The molecule has 4 rings (SSSR count). The average Bonchev–Trinajstić information content (AvgIpc) is 3.39. The van der Waals surface area contributed by atoms with Crippen LogP contribution in [0, 0.1) is 11.2 Å². The second kappa shape index (κ2) is 8.49. The summed E-state index contributed by atoms with van der Waals surface area (Å²) < 4.78 is 25.6. The van der Waals surface area contributed by atoms with Gasteiger partial charge in [-0.2, -0.15) is 0 Å². The Bertz CT molecular complexity index is 910. The van der Waals surface area contributed by atoms with Gasteiger partial charge in [0, 0.05) is 25.8 Å². The first-order chi connectivity index (χ1) is 14.4. The van der Waals surface area contributed by atoms with Crippen molar-refractivity contribution in [2.45, 2.75) is 25.5 Å². The molecule has 2 aliphatic heterocycles. The number of morpholine rings is 1. The minimum Gasteiger partial charge on any atom is -0.481 e. The van der Waals surface area contributed by atoms with Crippen molar-refractivity contribution in [3.63, 3.8) is 0 Å². The number of carbonyl (C=O) groups excluding carboxylic acids is 1. The van der Waals surface area contributed by atoms with Crippen LogP contribution >= 0.6 is 0 Å². The lowest BCUT2D eigenvalue weighted by Crippen LogP contribution is -2.43. The minimum atomic E-state index is -0.989. The van der Waals surface area contributed by atoms with Crippen molar-refractivity contribution >= 4 is 11.9 Å². The van der Waals surface area contributed by atoms with Gasteiger partial charge in [-0.15, -0.1) is 5.10 Å². The Morgan fingerprint density at radius 3 is 2.77 bits per heavy atom. The number of hydrogen-bond acceptors (Lipinski definition) is 6. The topological polar surface area (TPSA) is 107 Å². The van der Waals surface area contributed by atoms with Crippen LogP contribution in [0.25, 0.3) is 0 Å². The molecule has 1 aromatic heterocycles. The lowest BCUT2D eigenvalue weighted by molar-refractivity contribution is -0.149. The quantitative estimate of drug-likeness (QED) is 0.747. The monoisotopic (exact) mass is 418 g/mol. The molecule has 10 heteroatoms. The zero-order valence-electron chi connectivity index (χ0n) is 16.4. The van der Waals surface area contributed by atoms with E-state index >= 15 is 0 Å². The number of rotatable bonds is 6. The highest BCUT2D eigenvalue weighted by molar-refractivity contribution is 5.76. The molecule has 30 heavy (non-hydrogen) atoms. The number of carbonyl (C=O) groups is 2. The molecule has 3 heterocycles. The molecule has 2 unspecified atom stereocenters. The number of halogens is 1. The minimum absolute atomic E-state index is 0.000288. The molecule has 0 bridgehead atoms. The van der Waals surface area contributed by atoms with E-state index in [1.165, 1.54) is 16.8 Å². The predicted octanol–water partition coefficient (Wildman–Crippen LogP) is 1.05. The summed E-state index contributed by atoms with van der Waals surface area (Å²) in [5.41, 5.74) is 0.342. The van der Waals surface area contributed by atoms with Crippen molar-refractivity contribution in [3.05, 3.63) is 47.5 Å². The molecule has 160 valence electrons. The van der Waals surface area contributed by atoms with E-state index in [1.807, 2.05) is 0 Å². The molecule has 2 saturated heterocycles. The summed E-state index contributed by atoms with van der Waals surface area (Å²) in [5, 5.41) is 17.6. The largest absolute Gasteiger partial charge is 0.481 e. The number of carboxylic acids is 1. The number of nitrogens with zero attached hydrogens (tertiary/aromatic N) is 4. The van der Waals surface area contributed by atoms with Crippen LogP contribution in [-0.4, -0.2) is 69.8 Å². The van der Waals surface area contributed by atoms with Gasteiger partial charge in [0.15, 0.2) is 0 Å². The van der Waals surface area contributed by atoms with Crippen molar-refractivity contribution in [3.8, 4) is 0 Å². The second-order valence-electron chi connectivity index (χ2n) is 7.72. The molecule has 2 aromatic rings. The number of hydrogen-bond donors (Lipinski definition) is 1. The van der Waals surface area contributed by atoms with Crippen LogP contribution in [0.2, 0.25) is 0 Å². The van der Waals surface area contributed by atoms with Crippen LogP contribution in [0.1, 0.15) is 23.8 Å². The molecule has 0 saturated carbocycles. The smallest absolute Gasteiger partial charge is 0.312 e. The third-order valence-corrected chi connectivity index (χ3v) is 5.62. The fraction of sp³-hybridized carbons (Fsp3) is 0.500. The Morgan fingerprint density at radius 1 is 1.27 bits per heavy atom. The Kier molecular flexibility index (Phi) is 5.78. The molecule has 1 N–H and O–H groups in total. The molecule has 2 fully saturated rings. The summed E-state index contributed by atoms with van der Waals surface area (Å²) in [6.45, 7) is 1.76. The lowest BCUT2D eigenvalue weighted by atomic mass is 9.83. The molecule has 2 atom stereocenters. The summed E-state index contributed by atoms with van der Waals surface area (Å²) in [6, 6.07) is 6.05. The molecule has 2 aliphatic rings. The molecule has 0 radical (unpaired) electrons. The van der Waals surface area contributed by atoms with Crippen LogP contribution in [0.3, 0.4) is 0 Å². The third-order valence-electron chi connectivity index (χ3n) is 5.62. The molecular weight excluding hydrogens is 395 g/mol. The fourth-order valence-corrected chi connectivity index (χ4v) is 3.83. The predicted molar refractivity (Wildman–Crippen MR) is 101 cm³/mol. The van der Waals surface area contributed by atoms with E-state index in [0.29, 0.717) is 38.4 Å². The van der Waals surface area contributed by atoms with E-state index in [9.17, 15) is 19.1 Å². The Hall–Kier alpha value is -2.85. The normalized spacial score (nSPS) is 24.2. The zero-order valence-corrected chi connectivity index (χ0v) is 16.4. The maximum Gasteiger partial charge on any atom is 0.312 e. The zero-order chi connectivity index (χ0) is 21.1. The molecule has 1 amide bonds. The third kappa shape index (κ3) is 4.34. The summed E-state index contributed by atoms with van der Waals surface area (Å²) in [6.07, 6.45) is 1.93. The first-order valence-corrected chi connectivity index (χ1v) is 9.80. The summed E-state index contributed by atoms with van der Waals surface area (Å²) in [5.74, 6) is -1.37. The summed E-state index contributed by atoms with van der Waals surface area (Å²) >= 11 is 0. The van der Waals surface area contributed by atoms with Crippen LogP contribution < -0.4 is 0 Å². The van der Waals surface area contributed by atoms with Crippen molar-refractivity contribution < 1.29 is 28.6 Å². The van der Waals surface area contributed by atoms with Gasteiger partial charge in [-0.3, -0.25) is 9.59 Å². The average molecular weight is 418 g/mol. The highest BCUT2D eigenvalue weighted by Gasteiger charge is 2.43. The molecule has 9 nitrogen and oxygen atoms in total. The van der Waals surface area contributed by atoms with Gasteiger partial charge in [-0.25, -0.2) is 9.07 Å². The van der Waals surface area contributed by atoms with E-state index in [-0.39, 0.29) is 37.4 Å². The van der Waals surface area contributed by atoms with Gasteiger partial charge in [0.05, 0.1) is 30.9 Å². The molecule has 1 aromatic carbocycles. The Morgan fingerprint density at radius 2 is 2.07 bits per heavy atom. The van der Waals surface area contributed by atoms with Gasteiger partial charge in [-0.05, 0) is 24.1 Å². The number of carboxylic acid groups (broad SMARTS) is 1. The lowest BCUT2D eigenvalue weighted by Gasteiger charge is -2.33. The van der Waals surface area contributed by atoms with Crippen LogP contribution in [0.5, 0.6) is 0 Å². The Labute approximate surface area is 172 Å². The van der Waals surface area contributed by atoms with Crippen molar-refractivity contribution in [1.82, 2.24) is 19.9 Å². The van der Waals surface area contributed by atoms with Gasteiger partial charge < -0.3 is 19.5 Å². The first-order valence-electron chi connectivity index (χ1n) is 9.80. The fourth-order valence-electron chi connectivity index (χ4n) is 3.83. The van der Waals surface area contributed by atoms with Gasteiger partial charge in [0.1, 0.15) is 18.5 Å². The van der Waals surface area contributed by atoms with Gasteiger partial charge in [-0.1, -0.05) is 17.3 Å². The number of aromatic nitrogens is 3. The molecule has 0 aliphatic carbocycles. The van der Waals surface area contributed by atoms with E-state index in [2.05, 4.69) is 10.3 Å². The van der Waals surface area contributed by atoms with E-state index in [0.717, 1.165) is 5.56 Å². The molecule has 0 spiro atoms. The number of aliphatic carboxylic acids is 1. The van der Waals surface area contributed by atoms with Crippen LogP contribution in [-0.2, 0) is 32.0 Å². The van der Waals surface area contributed by atoms with Gasteiger partial charge in [0.25, 0.3) is 0 Å². The van der Waals surface area contributed by atoms with Gasteiger partial charge in [0.2, 0.25) is 5.91 Å². The Balaban J connectivity index is 1.37. The van der Waals surface area contributed by atoms with E-state index in [1.54, 1.807) is 23.2 Å². The SMILES string of the molecule is O=C(Cn1cc(CC2(C(=O)O)CCOC2)nn1)N1CCOC(c2ccc(F)cc2)C1. The standard InChI is InChI=1S/C20H23FN4O5/c21-15-3-1-14(2-4-15)17-11-24(6-8-30-17)18(26)12-25-10-16(22-23-25)9-20(19(27)28)5-7-29-13-20/h1-4,10,17H,5-9,11-13H2,(H,27,28). The number of ether oxygens (including phenoxy) is 2. The van der Waals surface area contributed by atoms with Crippen LogP contribution in [0.15, 0.2) is 30.5 Å². The highest BCUT2D eigenvalue weighted by atomic mass is 19.1.